The lowest BCUT2D eigenvalue weighted by atomic mass is 10.0. The van der Waals surface area contributed by atoms with Crippen molar-refractivity contribution < 1.29 is 4.74 Å². The fourth-order valence-electron chi connectivity index (χ4n) is 2.00. The molecule has 0 aliphatic carbocycles. The summed E-state index contributed by atoms with van der Waals surface area (Å²) >= 11 is 7.72. The second-order valence-corrected chi connectivity index (χ2v) is 5.62. The lowest BCUT2D eigenvalue weighted by molar-refractivity contribution is 0.408. The van der Waals surface area contributed by atoms with Crippen molar-refractivity contribution >= 4 is 22.9 Å². The number of halogens is 1. The average molecular weight is 282 g/mol. The summed E-state index contributed by atoms with van der Waals surface area (Å²) in [6.45, 7) is 2.08. The SMILES string of the molecule is COc1ccc(Cl)cc1CC(N)c1sccc1C. The van der Waals surface area contributed by atoms with Crippen molar-refractivity contribution in [2.45, 2.75) is 19.4 Å². The van der Waals surface area contributed by atoms with E-state index in [4.69, 9.17) is 22.1 Å². The summed E-state index contributed by atoms with van der Waals surface area (Å²) in [6.07, 6.45) is 0.727. The molecule has 0 fully saturated rings. The summed E-state index contributed by atoms with van der Waals surface area (Å²) in [5.74, 6) is 0.837. The first-order valence-corrected chi connectivity index (χ1v) is 6.99. The topological polar surface area (TPSA) is 35.2 Å². The number of benzene rings is 1. The Morgan fingerprint density at radius 3 is 2.78 bits per heavy atom. The van der Waals surface area contributed by atoms with Crippen LogP contribution in [0, 0.1) is 6.92 Å². The summed E-state index contributed by atoms with van der Waals surface area (Å²) in [7, 11) is 1.66. The van der Waals surface area contributed by atoms with Crippen LogP contribution in [-0.2, 0) is 6.42 Å². The predicted molar refractivity (Wildman–Crippen MR) is 77.7 cm³/mol. The molecule has 1 atom stereocenters. The van der Waals surface area contributed by atoms with Crippen LogP contribution in [0.2, 0.25) is 5.02 Å². The zero-order chi connectivity index (χ0) is 13.1. The third kappa shape index (κ3) is 2.86. The van der Waals surface area contributed by atoms with Crippen LogP contribution < -0.4 is 10.5 Å². The third-order valence-corrected chi connectivity index (χ3v) is 4.31. The Morgan fingerprint density at radius 2 is 2.17 bits per heavy atom. The Bertz CT molecular complexity index is 538. The minimum Gasteiger partial charge on any atom is -0.496 e. The van der Waals surface area contributed by atoms with Gasteiger partial charge in [-0.15, -0.1) is 11.3 Å². The normalized spacial score (nSPS) is 12.4. The second kappa shape index (κ2) is 5.74. The molecule has 0 saturated heterocycles. The van der Waals surface area contributed by atoms with Crippen LogP contribution in [0.15, 0.2) is 29.6 Å². The van der Waals surface area contributed by atoms with Gasteiger partial charge in [-0.25, -0.2) is 0 Å². The Morgan fingerprint density at radius 1 is 1.39 bits per heavy atom. The van der Waals surface area contributed by atoms with Gasteiger partial charge in [0.2, 0.25) is 0 Å². The van der Waals surface area contributed by atoms with Gasteiger partial charge in [0.1, 0.15) is 5.75 Å². The van der Waals surface area contributed by atoms with Gasteiger partial charge in [0, 0.05) is 15.9 Å². The maximum absolute atomic E-state index is 6.26. The molecule has 2 rings (SSSR count). The van der Waals surface area contributed by atoms with Crippen molar-refractivity contribution in [2.75, 3.05) is 7.11 Å². The quantitative estimate of drug-likeness (QED) is 0.921. The highest BCUT2D eigenvalue weighted by Gasteiger charge is 2.14. The molecule has 4 heteroatoms. The molecule has 0 aliphatic heterocycles. The number of rotatable bonds is 4. The van der Waals surface area contributed by atoms with Crippen molar-refractivity contribution in [3.63, 3.8) is 0 Å². The molecular formula is C14H16ClNOS. The molecule has 0 amide bonds. The van der Waals surface area contributed by atoms with E-state index in [9.17, 15) is 0 Å². The summed E-state index contributed by atoms with van der Waals surface area (Å²) in [5, 5.41) is 2.78. The lowest BCUT2D eigenvalue weighted by Gasteiger charge is -2.14. The maximum atomic E-state index is 6.26. The van der Waals surface area contributed by atoms with Gasteiger partial charge in [-0.3, -0.25) is 0 Å². The van der Waals surface area contributed by atoms with Gasteiger partial charge in [-0.05, 0) is 54.1 Å². The van der Waals surface area contributed by atoms with Crippen LogP contribution in [-0.4, -0.2) is 7.11 Å². The number of thiophene rings is 1. The Kier molecular flexibility index (Phi) is 4.27. The minimum absolute atomic E-state index is 0.0163. The van der Waals surface area contributed by atoms with Crippen LogP contribution in [0.1, 0.15) is 22.0 Å². The summed E-state index contributed by atoms with van der Waals surface area (Å²) < 4.78 is 5.34. The van der Waals surface area contributed by atoms with E-state index < -0.39 is 0 Å². The van der Waals surface area contributed by atoms with Gasteiger partial charge in [-0.2, -0.15) is 0 Å². The van der Waals surface area contributed by atoms with Crippen molar-refractivity contribution in [1.29, 1.82) is 0 Å². The van der Waals surface area contributed by atoms with Gasteiger partial charge in [-0.1, -0.05) is 11.6 Å². The first-order valence-electron chi connectivity index (χ1n) is 5.74. The number of hydrogen-bond acceptors (Lipinski definition) is 3. The molecule has 1 heterocycles. The number of methoxy groups -OCH3 is 1. The average Bonchev–Trinajstić information content (AvgIpc) is 2.76. The van der Waals surface area contributed by atoms with Gasteiger partial charge in [0.05, 0.1) is 7.11 Å². The Hall–Kier alpha value is -1.03. The molecule has 1 unspecified atom stereocenters. The summed E-state index contributed by atoms with van der Waals surface area (Å²) in [6, 6.07) is 7.70. The Balaban J connectivity index is 2.23. The minimum atomic E-state index is -0.0163. The zero-order valence-electron chi connectivity index (χ0n) is 10.4. The van der Waals surface area contributed by atoms with E-state index in [1.54, 1.807) is 18.4 Å². The number of hydrogen-bond donors (Lipinski definition) is 1. The van der Waals surface area contributed by atoms with Crippen LogP contribution in [0.3, 0.4) is 0 Å². The van der Waals surface area contributed by atoms with Crippen molar-refractivity contribution in [1.82, 2.24) is 0 Å². The van der Waals surface area contributed by atoms with E-state index in [1.165, 1.54) is 10.4 Å². The van der Waals surface area contributed by atoms with Crippen molar-refractivity contribution in [2.24, 2.45) is 5.73 Å². The van der Waals surface area contributed by atoms with E-state index in [1.807, 2.05) is 18.2 Å². The highest BCUT2D eigenvalue weighted by molar-refractivity contribution is 7.10. The molecule has 2 aromatic rings. The van der Waals surface area contributed by atoms with Crippen molar-refractivity contribution in [3.8, 4) is 5.75 Å². The van der Waals surface area contributed by atoms with Crippen LogP contribution >= 0.6 is 22.9 Å². The number of nitrogens with two attached hydrogens (primary N) is 1. The molecule has 0 saturated carbocycles. The molecule has 96 valence electrons. The molecule has 2 nitrogen and oxygen atoms in total. The molecule has 0 radical (unpaired) electrons. The van der Waals surface area contributed by atoms with E-state index in [0.717, 1.165) is 17.7 Å². The highest BCUT2D eigenvalue weighted by Crippen LogP contribution is 2.29. The molecular weight excluding hydrogens is 266 g/mol. The van der Waals surface area contributed by atoms with Crippen LogP contribution in [0.25, 0.3) is 0 Å². The van der Waals surface area contributed by atoms with Crippen LogP contribution in [0.5, 0.6) is 5.75 Å². The number of aryl methyl sites for hydroxylation is 1. The largest absolute Gasteiger partial charge is 0.496 e. The number of ether oxygens (including phenoxy) is 1. The molecule has 0 bridgehead atoms. The fraction of sp³-hybridized carbons (Fsp3) is 0.286. The third-order valence-electron chi connectivity index (χ3n) is 2.92. The zero-order valence-corrected chi connectivity index (χ0v) is 12.0. The van der Waals surface area contributed by atoms with E-state index >= 15 is 0 Å². The van der Waals surface area contributed by atoms with Gasteiger partial charge < -0.3 is 10.5 Å². The van der Waals surface area contributed by atoms with E-state index in [0.29, 0.717) is 5.02 Å². The predicted octanol–water partition coefficient (Wildman–Crippen LogP) is 3.96. The van der Waals surface area contributed by atoms with Crippen molar-refractivity contribution in [3.05, 3.63) is 50.7 Å². The van der Waals surface area contributed by atoms with E-state index in [2.05, 4.69) is 18.4 Å². The molecule has 0 aliphatic rings. The molecule has 1 aromatic carbocycles. The molecule has 1 aromatic heterocycles. The van der Waals surface area contributed by atoms with Gasteiger partial charge in [0.25, 0.3) is 0 Å². The molecule has 2 N–H and O–H groups in total. The lowest BCUT2D eigenvalue weighted by Crippen LogP contribution is -2.13. The second-order valence-electron chi connectivity index (χ2n) is 4.23. The molecule has 0 spiro atoms. The Labute approximate surface area is 116 Å². The van der Waals surface area contributed by atoms with E-state index in [-0.39, 0.29) is 6.04 Å². The first-order chi connectivity index (χ1) is 8.61. The highest BCUT2D eigenvalue weighted by atomic mass is 35.5. The monoisotopic (exact) mass is 281 g/mol. The maximum Gasteiger partial charge on any atom is 0.122 e. The standard InChI is InChI=1S/C14H16ClNOS/c1-9-5-6-18-14(9)12(16)8-10-7-11(15)3-4-13(10)17-2/h3-7,12H,8,16H2,1-2H3. The van der Waals surface area contributed by atoms with Crippen LogP contribution in [0.4, 0.5) is 0 Å². The van der Waals surface area contributed by atoms with Gasteiger partial charge >= 0.3 is 0 Å². The first kappa shape index (κ1) is 13.4. The fourth-order valence-corrected chi connectivity index (χ4v) is 3.13. The smallest absolute Gasteiger partial charge is 0.122 e. The molecule has 18 heavy (non-hydrogen) atoms. The summed E-state index contributed by atoms with van der Waals surface area (Å²) in [4.78, 5) is 1.22. The summed E-state index contributed by atoms with van der Waals surface area (Å²) in [5.41, 5.74) is 8.55. The van der Waals surface area contributed by atoms with Gasteiger partial charge in [0.15, 0.2) is 0 Å².